The van der Waals surface area contributed by atoms with E-state index in [4.69, 9.17) is 10.4 Å². The van der Waals surface area contributed by atoms with Gasteiger partial charge in [0.2, 0.25) is 0 Å². The molecule has 0 saturated carbocycles. The lowest BCUT2D eigenvalue weighted by Crippen LogP contribution is -2.05. The zero-order valence-electron chi connectivity index (χ0n) is 10.4. The predicted molar refractivity (Wildman–Crippen MR) is 72.2 cm³/mol. The van der Waals surface area contributed by atoms with Gasteiger partial charge >= 0.3 is 5.97 Å². The number of rotatable bonds is 4. The third-order valence-electron chi connectivity index (χ3n) is 2.73. The van der Waals surface area contributed by atoms with Gasteiger partial charge in [-0.3, -0.25) is 4.79 Å². The van der Waals surface area contributed by atoms with Gasteiger partial charge in [0.1, 0.15) is 11.9 Å². The van der Waals surface area contributed by atoms with Gasteiger partial charge in [-0.2, -0.15) is 5.26 Å². The van der Waals surface area contributed by atoms with E-state index in [1.54, 1.807) is 24.3 Å². The van der Waals surface area contributed by atoms with Crippen LogP contribution in [-0.2, 0) is 11.2 Å². The number of hydrogen-bond donors (Lipinski definition) is 2. The number of nitriles is 1. The number of halogens is 1. The summed E-state index contributed by atoms with van der Waals surface area (Å²) in [6, 6.07) is 12.7. The first kappa shape index (κ1) is 13.6. The molecule has 0 bridgehead atoms. The summed E-state index contributed by atoms with van der Waals surface area (Å²) in [6.45, 7) is 0. The average molecular weight is 270 g/mol. The molecule has 100 valence electrons. The van der Waals surface area contributed by atoms with Crippen LogP contribution in [0.15, 0.2) is 42.5 Å². The van der Waals surface area contributed by atoms with Gasteiger partial charge in [-0.05, 0) is 35.9 Å². The van der Waals surface area contributed by atoms with Crippen molar-refractivity contribution in [2.24, 2.45) is 0 Å². The Morgan fingerprint density at radius 3 is 2.70 bits per heavy atom. The van der Waals surface area contributed by atoms with E-state index < -0.39 is 11.8 Å². The zero-order chi connectivity index (χ0) is 14.5. The van der Waals surface area contributed by atoms with Gasteiger partial charge in [-0.15, -0.1) is 0 Å². The van der Waals surface area contributed by atoms with Crippen LogP contribution in [-0.4, -0.2) is 11.1 Å². The number of aliphatic carboxylic acids is 1. The van der Waals surface area contributed by atoms with E-state index >= 15 is 0 Å². The van der Waals surface area contributed by atoms with Crippen molar-refractivity contribution in [3.63, 3.8) is 0 Å². The maximum atomic E-state index is 13.2. The first-order chi connectivity index (χ1) is 9.60. The number of anilines is 2. The van der Waals surface area contributed by atoms with Crippen molar-refractivity contribution in [2.45, 2.75) is 6.42 Å². The minimum atomic E-state index is -1.05. The van der Waals surface area contributed by atoms with Crippen molar-refractivity contribution in [1.82, 2.24) is 0 Å². The molecular weight excluding hydrogens is 259 g/mol. The smallest absolute Gasteiger partial charge is 0.307 e. The minimum Gasteiger partial charge on any atom is -0.481 e. The highest BCUT2D eigenvalue weighted by atomic mass is 19.1. The molecule has 2 aromatic carbocycles. The second-order valence-corrected chi connectivity index (χ2v) is 4.15. The van der Waals surface area contributed by atoms with Crippen molar-refractivity contribution >= 4 is 17.3 Å². The Bertz CT molecular complexity index is 693. The average Bonchev–Trinajstić information content (AvgIpc) is 2.42. The highest BCUT2D eigenvalue weighted by molar-refractivity contribution is 5.76. The third kappa shape index (κ3) is 3.12. The van der Waals surface area contributed by atoms with Crippen LogP contribution in [0.4, 0.5) is 15.8 Å². The molecule has 0 aliphatic rings. The summed E-state index contributed by atoms with van der Waals surface area (Å²) in [7, 11) is 0. The molecule has 0 aromatic heterocycles. The second kappa shape index (κ2) is 5.85. The van der Waals surface area contributed by atoms with Gasteiger partial charge in [0.05, 0.1) is 17.7 Å². The van der Waals surface area contributed by atoms with Crippen LogP contribution >= 0.6 is 0 Å². The molecule has 2 rings (SSSR count). The van der Waals surface area contributed by atoms with Crippen LogP contribution in [0, 0.1) is 17.1 Å². The summed E-state index contributed by atoms with van der Waals surface area (Å²) in [6.07, 6.45) is -0.297. The summed E-state index contributed by atoms with van der Waals surface area (Å²) in [5.74, 6) is -1.55. The highest BCUT2D eigenvalue weighted by Gasteiger charge is 2.10. The normalized spacial score (nSPS) is 9.80. The van der Waals surface area contributed by atoms with E-state index in [9.17, 15) is 9.18 Å². The van der Waals surface area contributed by atoms with Crippen LogP contribution < -0.4 is 5.32 Å². The van der Waals surface area contributed by atoms with Crippen LogP contribution in [0.25, 0.3) is 0 Å². The number of carbonyl (C=O) groups is 1. The number of carboxylic acid groups (broad SMARTS) is 1. The first-order valence-electron chi connectivity index (χ1n) is 5.86. The monoisotopic (exact) mass is 270 g/mol. The quantitative estimate of drug-likeness (QED) is 0.895. The van der Waals surface area contributed by atoms with Crippen LogP contribution in [0.1, 0.15) is 11.1 Å². The Morgan fingerprint density at radius 1 is 1.25 bits per heavy atom. The number of hydrogen-bond acceptors (Lipinski definition) is 3. The third-order valence-corrected chi connectivity index (χ3v) is 2.73. The number of nitrogens with zero attached hydrogens (tertiary/aromatic N) is 1. The summed E-state index contributed by atoms with van der Waals surface area (Å²) in [5.41, 5.74) is 1.77. The summed E-state index contributed by atoms with van der Waals surface area (Å²) >= 11 is 0. The molecule has 20 heavy (non-hydrogen) atoms. The number of carboxylic acids is 1. The van der Waals surface area contributed by atoms with Gasteiger partial charge in [0.25, 0.3) is 0 Å². The van der Waals surface area contributed by atoms with Crippen molar-refractivity contribution in [3.8, 4) is 6.07 Å². The Kier molecular flexibility index (Phi) is 3.96. The largest absolute Gasteiger partial charge is 0.481 e. The second-order valence-electron chi connectivity index (χ2n) is 4.15. The molecule has 2 aromatic rings. The fourth-order valence-electron chi connectivity index (χ4n) is 1.83. The highest BCUT2D eigenvalue weighted by Crippen LogP contribution is 2.24. The minimum absolute atomic E-state index is 0.297. The molecule has 0 atom stereocenters. The maximum Gasteiger partial charge on any atom is 0.307 e. The number of nitrogens with one attached hydrogen (secondary N) is 1. The lowest BCUT2D eigenvalue weighted by Gasteiger charge is -2.12. The van der Waals surface area contributed by atoms with E-state index in [1.165, 1.54) is 18.2 Å². The zero-order valence-corrected chi connectivity index (χ0v) is 10.4. The SMILES string of the molecule is N#Cc1ccccc1Nc1ccc(F)cc1CC(=O)O. The molecule has 5 heteroatoms. The standard InChI is InChI=1S/C15H11FN2O2/c16-12-5-6-14(11(7-12)8-15(19)20)18-13-4-2-1-3-10(13)9-17/h1-7,18H,8H2,(H,19,20). The molecule has 0 heterocycles. The Balaban J connectivity index is 2.38. The molecule has 0 aliphatic carbocycles. The van der Waals surface area contributed by atoms with Crippen LogP contribution in [0.5, 0.6) is 0 Å². The lowest BCUT2D eigenvalue weighted by atomic mass is 10.1. The summed E-state index contributed by atoms with van der Waals surface area (Å²) < 4.78 is 13.2. The van der Waals surface area contributed by atoms with Gasteiger partial charge in [0.15, 0.2) is 0 Å². The van der Waals surface area contributed by atoms with Gasteiger partial charge < -0.3 is 10.4 Å². The van der Waals surface area contributed by atoms with E-state index in [0.717, 1.165) is 0 Å². The molecule has 0 aliphatic heterocycles. The Hall–Kier alpha value is -2.87. The van der Waals surface area contributed by atoms with E-state index in [2.05, 4.69) is 5.32 Å². The molecule has 2 N–H and O–H groups in total. The maximum absolute atomic E-state index is 13.2. The molecule has 0 fully saturated rings. The summed E-state index contributed by atoms with van der Waals surface area (Å²) in [5, 5.41) is 20.8. The number of para-hydroxylation sites is 1. The van der Waals surface area contributed by atoms with Crippen molar-refractivity contribution in [1.29, 1.82) is 5.26 Å². The molecule has 0 saturated heterocycles. The van der Waals surface area contributed by atoms with Crippen molar-refractivity contribution in [2.75, 3.05) is 5.32 Å². The molecule has 0 amide bonds. The van der Waals surface area contributed by atoms with Crippen LogP contribution in [0.2, 0.25) is 0 Å². The van der Waals surface area contributed by atoms with E-state index in [1.807, 2.05) is 6.07 Å². The fourth-order valence-corrected chi connectivity index (χ4v) is 1.83. The van der Waals surface area contributed by atoms with Gasteiger partial charge in [-0.25, -0.2) is 4.39 Å². The predicted octanol–water partition coefficient (Wildman–Crippen LogP) is 3.07. The lowest BCUT2D eigenvalue weighted by molar-refractivity contribution is -0.136. The fraction of sp³-hybridized carbons (Fsp3) is 0.0667. The molecule has 0 unspecified atom stereocenters. The molecule has 0 spiro atoms. The van der Waals surface area contributed by atoms with Gasteiger partial charge in [-0.1, -0.05) is 12.1 Å². The topological polar surface area (TPSA) is 73.1 Å². The number of benzene rings is 2. The molecular formula is C15H11FN2O2. The Morgan fingerprint density at radius 2 is 2.00 bits per heavy atom. The summed E-state index contributed by atoms with van der Waals surface area (Å²) in [4.78, 5) is 10.8. The van der Waals surface area contributed by atoms with Gasteiger partial charge in [0, 0.05) is 5.69 Å². The molecule has 4 nitrogen and oxygen atoms in total. The molecule has 0 radical (unpaired) electrons. The van der Waals surface area contributed by atoms with Crippen molar-refractivity contribution in [3.05, 3.63) is 59.4 Å². The Labute approximate surface area is 115 Å². The van der Waals surface area contributed by atoms with Crippen molar-refractivity contribution < 1.29 is 14.3 Å². The van der Waals surface area contributed by atoms with E-state index in [-0.39, 0.29) is 6.42 Å². The van der Waals surface area contributed by atoms with Crippen LogP contribution in [0.3, 0.4) is 0 Å². The van der Waals surface area contributed by atoms with E-state index in [0.29, 0.717) is 22.5 Å². The first-order valence-corrected chi connectivity index (χ1v) is 5.86.